The number of nitrogens with one attached hydrogen (secondary N) is 1. The molecule has 0 aliphatic rings. The quantitative estimate of drug-likeness (QED) is 0.639. The molecule has 0 fully saturated rings. The van der Waals surface area contributed by atoms with Crippen molar-refractivity contribution in [3.63, 3.8) is 0 Å². The Bertz CT molecular complexity index is 951. The Morgan fingerprint density at radius 1 is 1.19 bits per heavy atom. The lowest BCUT2D eigenvalue weighted by Crippen LogP contribution is -2.21. The number of halogens is 2. The summed E-state index contributed by atoms with van der Waals surface area (Å²) in [4.78, 5) is 24.2. The summed E-state index contributed by atoms with van der Waals surface area (Å²) in [7, 11) is 1.70. The van der Waals surface area contributed by atoms with Crippen LogP contribution >= 0.6 is 34.5 Å². The van der Waals surface area contributed by atoms with Crippen LogP contribution in [-0.2, 0) is 16.6 Å². The van der Waals surface area contributed by atoms with Crippen molar-refractivity contribution >= 4 is 52.2 Å². The van der Waals surface area contributed by atoms with Gasteiger partial charge in [-0.25, -0.2) is 4.79 Å². The van der Waals surface area contributed by atoms with Gasteiger partial charge in [-0.15, -0.1) is 11.3 Å². The molecule has 0 spiro atoms. The summed E-state index contributed by atoms with van der Waals surface area (Å²) < 4.78 is 6.98. The fourth-order valence-electron chi connectivity index (χ4n) is 2.15. The van der Waals surface area contributed by atoms with Gasteiger partial charge in [0.1, 0.15) is 10.7 Å². The van der Waals surface area contributed by atoms with Crippen LogP contribution in [0.1, 0.15) is 9.67 Å². The van der Waals surface area contributed by atoms with E-state index in [2.05, 4.69) is 10.4 Å². The molecule has 1 N–H and O–H groups in total. The number of carbonyl (C=O) groups is 2. The molecule has 1 aromatic carbocycles. The van der Waals surface area contributed by atoms with Gasteiger partial charge in [-0.2, -0.15) is 5.10 Å². The van der Waals surface area contributed by atoms with Crippen LogP contribution in [0, 0.1) is 0 Å². The molecule has 0 aliphatic heterocycles. The average Bonchev–Trinajstić information content (AvgIpc) is 3.20. The van der Waals surface area contributed by atoms with Gasteiger partial charge < -0.3 is 10.1 Å². The number of rotatable bonds is 5. The van der Waals surface area contributed by atoms with Crippen molar-refractivity contribution in [2.45, 2.75) is 0 Å². The number of nitrogens with zero attached hydrogens (tertiary/aromatic N) is 2. The number of carbonyl (C=O) groups excluding carboxylic acids is 2. The maximum Gasteiger partial charge on any atom is 0.348 e. The number of thiophene rings is 1. The zero-order chi connectivity index (χ0) is 18.7. The third kappa shape index (κ3) is 4.43. The number of aryl methyl sites for hydroxylation is 1. The number of esters is 1. The van der Waals surface area contributed by atoms with Gasteiger partial charge >= 0.3 is 5.97 Å². The van der Waals surface area contributed by atoms with Crippen LogP contribution in [0.25, 0.3) is 11.3 Å². The molecule has 6 nitrogen and oxygen atoms in total. The highest BCUT2D eigenvalue weighted by Gasteiger charge is 2.14. The van der Waals surface area contributed by atoms with Gasteiger partial charge in [-0.3, -0.25) is 9.48 Å². The monoisotopic (exact) mass is 409 g/mol. The molecule has 0 unspecified atom stereocenters. The molecular weight excluding hydrogens is 397 g/mol. The van der Waals surface area contributed by atoms with Crippen molar-refractivity contribution in [3.05, 3.63) is 56.7 Å². The van der Waals surface area contributed by atoms with Crippen molar-refractivity contribution in [2.24, 2.45) is 7.05 Å². The van der Waals surface area contributed by atoms with Gasteiger partial charge in [0.2, 0.25) is 0 Å². The van der Waals surface area contributed by atoms with Crippen molar-refractivity contribution in [3.8, 4) is 11.3 Å². The molecule has 1 amide bonds. The fourth-order valence-corrected chi connectivity index (χ4v) is 3.21. The lowest BCUT2D eigenvalue weighted by atomic mass is 10.1. The Morgan fingerprint density at radius 2 is 1.92 bits per heavy atom. The van der Waals surface area contributed by atoms with Gasteiger partial charge in [0.25, 0.3) is 5.91 Å². The van der Waals surface area contributed by atoms with Gasteiger partial charge in [0, 0.05) is 23.7 Å². The lowest BCUT2D eigenvalue weighted by molar-refractivity contribution is -0.119. The smallest absolute Gasteiger partial charge is 0.348 e. The molecule has 0 saturated carbocycles. The summed E-state index contributed by atoms with van der Waals surface area (Å²) in [6.45, 7) is -0.407. The molecule has 2 heterocycles. The van der Waals surface area contributed by atoms with Crippen LogP contribution in [0.2, 0.25) is 9.36 Å². The topological polar surface area (TPSA) is 73.2 Å². The van der Waals surface area contributed by atoms with Gasteiger partial charge in [-0.05, 0) is 24.3 Å². The van der Waals surface area contributed by atoms with Crippen molar-refractivity contribution in [1.29, 1.82) is 0 Å². The number of amides is 1. The van der Waals surface area contributed by atoms with E-state index in [9.17, 15) is 9.59 Å². The summed E-state index contributed by atoms with van der Waals surface area (Å²) in [5, 5.41) is 7.64. The van der Waals surface area contributed by atoms with Crippen LogP contribution in [0.15, 0.2) is 42.5 Å². The molecule has 0 saturated heterocycles. The van der Waals surface area contributed by atoms with E-state index in [1.54, 1.807) is 37.4 Å². The maximum absolute atomic E-state index is 12.0. The van der Waals surface area contributed by atoms with Crippen LogP contribution in [0.4, 0.5) is 5.82 Å². The highest BCUT2D eigenvalue weighted by atomic mass is 35.5. The highest BCUT2D eigenvalue weighted by Crippen LogP contribution is 2.23. The molecule has 3 aromatic rings. The van der Waals surface area contributed by atoms with Crippen LogP contribution in [0.5, 0.6) is 0 Å². The third-order valence-corrected chi connectivity index (χ3v) is 4.86. The number of aromatic nitrogens is 2. The molecule has 3 rings (SSSR count). The van der Waals surface area contributed by atoms with Crippen molar-refractivity contribution < 1.29 is 14.3 Å². The zero-order valence-electron chi connectivity index (χ0n) is 13.5. The molecular formula is C17H13Cl2N3O3S. The molecule has 0 aliphatic carbocycles. The Hall–Kier alpha value is -2.35. The summed E-state index contributed by atoms with van der Waals surface area (Å²) in [6.07, 6.45) is 0. The predicted molar refractivity (Wildman–Crippen MR) is 102 cm³/mol. The van der Waals surface area contributed by atoms with E-state index >= 15 is 0 Å². The third-order valence-electron chi connectivity index (χ3n) is 3.40. The van der Waals surface area contributed by atoms with E-state index in [1.165, 1.54) is 4.68 Å². The largest absolute Gasteiger partial charge is 0.451 e. The molecule has 9 heteroatoms. The minimum absolute atomic E-state index is 0.341. The second-order valence-electron chi connectivity index (χ2n) is 5.27. The summed E-state index contributed by atoms with van der Waals surface area (Å²) in [5.41, 5.74) is 1.55. The highest BCUT2D eigenvalue weighted by molar-refractivity contribution is 7.17. The second kappa shape index (κ2) is 7.90. The van der Waals surface area contributed by atoms with Crippen LogP contribution in [0.3, 0.4) is 0 Å². The van der Waals surface area contributed by atoms with Gasteiger partial charge in [-0.1, -0.05) is 35.3 Å². The molecule has 0 radical (unpaired) electrons. The SMILES string of the molecule is Cn1nc(-c2ccc(Cl)cc2)cc1NC(=O)COC(=O)c1ccc(Cl)s1. The van der Waals surface area contributed by atoms with E-state index in [-0.39, 0.29) is 0 Å². The number of benzene rings is 1. The van der Waals surface area contributed by atoms with E-state index in [4.69, 9.17) is 27.9 Å². The first-order chi connectivity index (χ1) is 12.4. The summed E-state index contributed by atoms with van der Waals surface area (Å²) >= 11 is 12.7. The normalized spacial score (nSPS) is 10.6. The molecule has 134 valence electrons. The van der Waals surface area contributed by atoms with E-state index in [0.717, 1.165) is 16.9 Å². The zero-order valence-corrected chi connectivity index (χ0v) is 15.9. The van der Waals surface area contributed by atoms with E-state index in [0.29, 0.717) is 25.7 Å². The first kappa shape index (κ1) is 18.4. The van der Waals surface area contributed by atoms with Gasteiger partial charge in [0.15, 0.2) is 6.61 Å². The summed E-state index contributed by atoms with van der Waals surface area (Å²) in [6, 6.07) is 12.1. The average molecular weight is 410 g/mol. The maximum atomic E-state index is 12.0. The number of ether oxygens (including phenoxy) is 1. The van der Waals surface area contributed by atoms with Crippen LogP contribution < -0.4 is 5.32 Å². The Kier molecular flexibility index (Phi) is 5.61. The second-order valence-corrected chi connectivity index (χ2v) is 7.42. The van der Waals surface area contributed by atoms with E-state index in [1.807, 2.05) is 12.1 Å². The predicted octanol–water partition coefficient (Wildman–Crippen LogP) is 4.25. The molecule has 0 bridgehead atoms. The number of anilines is 1. The lowest BCUT2D eigenvalue weighted by Gasteiger charge is -2.05. The Labute approximate surface area is 163 Å². The standard InChI is InChI=1S/C17H13Cl2N3O3S/c1-22-15(8-12(21-22)10-2-4-11(18)5-3-10)20-16(23)9-25-17(24)13-6-7-14(19)26-13/h2-8H,9H2,1H3,(H,20,23). The van der Waals surface area contributed by atoms with E-state index < -0.39 is 18.5 Å². The number of hydrogen-bond donors (Lipinski definition) is 1. The molecule has 2 aromatic heterocycles. The van der Waals surface area contributed by atoms with Crippen molar-refractivity contribution in [2.75, 3.05) is 11.9 Å². The summed E-state index contributed by atoms with van der Waals surface area (Å²) in [5.74, 6) is -0.578. The first-order valence-corrected chi connectivity index (χ1v) is 9.02. The minimum Gasteiger partial charge on any atom is -0.451 e. The van der Waals surface area contributed by atoms with Crippen LogP contribution in [-0.4, -0.2) is 28.3 Å². The first-order valence-electron chi connectivity index (χ1n) is 7.44. The van der Waals surface area contributed by atoms with Crippen molar-refractivity contribution in [1.82, 2.24) is 9.78 Å². The van der Waals surface area contributed by atoms with Gasteiger partial charge in [0.05, 0.1) is 10.0 Å². The Morgan fingerprint density at radius 3 is 2.58 bits per heavy atom. The minimum atomic E-state index is -0.594. The molecule has 26 heavy (non-hydrogen) atoms. The molecule has 0 atom stereocenters. The number of hydrogen-bond acceptors (Lipinski definition) is 5. The fraction of sp³-hybridized carbons (Fsp3) is 0.118. The Balaban J connectivity index is 1.60.